The first-order valence-electron chi connectivity index (χ1n) is 4.57. The first-order valence-corrected chi connectivity index (χ1v) is 5.41. The summed E-state index contributed by atoms with van der Waals surface area (Å²) >= 11 is 1.39. The highest BCUT2D eigenvalue weighted by atomic mass is 32.2. The van der Waals surface area contributed by atoms with E-state index in [0.29, 0.717) is 0 Å². The van der Waals surface area contributed by atoms with E-state index in [1.54, 1.807) is 0 Å². The van der Waals surface area contributed by atoms with Crippen LogP contribution < -0.4 is 5.14 Å². The lowest BCUT2D eigenvalue weighted by Gasteiger charge is -2.50. The Kier molecular flexibility index (Phi) is 2.76. The van der Waals surface area contributed by atoms with Crippen molar-refractivity contribution in [3.05, 3.63) is 0 Å². The van der Waals surface area contributed by atoms with Gasteiger partial charge in [-0.1, -0.05) is 0 Å². The molecule has 1 aliphatic heterocycles. The number of rotatable bonds is 1. The van der Waals surface area contributed by atoms with Gasteiger partial charge in [-0.3, -0.25) is 5.14 Å². The molecule has 0 radical (unpaired) electrons. The number of hydrogen-bond acceptors (Lipinski definition) is 3. The van der Waals surface area contributed by atoms with E-state index in [1.807, 2.05) is 0 Å². The van der Waals surface area contributed by atoms with Gasteiger partial charge in [0.2, 0.25) is 0 Å². The molecule has 12 heavy (non-hydrogen) atoms. The van der Waals surface area contributed by atoms with Gasteiger partial charge in [-0.2, -0.15) is 0 Å². The highest BCUT2D eigenvalue weighted by Crippen LogP contribution is 2.41. The second kappa shape index (κ2) is 3.20. The first kappa shape index (κ1) is 10.4. The molecule has 1 rings (SSSR count). The molecule has 1 fully saturated rings. The molecule has 0 spiro atoms. The summed E-state index contributed by atoms with van der Waals surface area (Å²) in [6.07, 6.45) is 3.82. The van der Waals surface area contributed by atoms with Crippen LogP contribution >= 0.6 is 12.1 Å². The zero-order valence-electron chi connectivity index (χ0n) is 8.55. The average molecular weight is 188 g/mol. The molecule has 0 aliphatic carbocycles. The Balaban J connectivity index is 2.81. The van der Waals surface area contributed by atoms with Crippen molar-refractivity contribution in [2.24, 2.45) is 5.14 Å². The Morgan fingerprint density at radius 2 is 1.50 bits per heavy atom. The average Bonchev–Trinajstić information content (AvgIpc) is 1.83. The summed E-state index contributed by atoms with van der Waals surface area (Å²) in [5.41, 5.74) is 0.502. The Bertz CT molecular complexity index is 150. The summed E-state index contributed by atoms with van der Waals surface area (Å²) in [7, 11) is 0. The molecule has 1 saturated heterocycles. The maximum absolute atomic E-state index is 5.70. The molecule has 0 amide bonds. The quantitative estimate of drug-likeness (QED) is 0.641. The van der Waals surface area contributed by atoms with E-state index in [4.69, 9.17) is 5.14 Å². The van der Waals surface area contributed by atoms with E-state index in [1.165, 1.54) is 31.4 Å². The molecule has 1 aliphatic rings. The molecule has 2 nitrogen and oxygen atoms in total. The van der Waals surface area contributed by atoms with Crippen LogP contribution in [0, 0.1) is 0 Å². The van der Waals surface area contributed by atoms with Gasteiger partial charge in [0.05, 0.1) is 0 Å². The highest BCUT2D eigenvalue weighted by Gasteiger charge is 2.41. The minimum absolute atomic E-state index is 0.251. The summed E-state index contributed by atoms with van der Waals surface area (Å²) in [6.45, 7) is 9.09. The molecule has 0 unspecified atom stereocenters. The van der Waals surface area contributed by atoms with Gasteiger partial charge in [-0.05, 0) is 47.0 Å². The number of hydrogen-bond donors (Lipinski definition) is 1. The largest absolute Gasteiger partial charge is 0.264 e. The van der Waals surface area contributed by atoms with Gasteiger partial charge < -0.3 is 0 Å². The third-order valence-electron chi connectivity index (χ3n) is 2.78. The first-order chi connectivity index (χ1) is 5.40. The smallest absolute Gasteiger partial charge is 0.0275 e. The molecule has 0 aromatic heterocycles. The van der Waals surface area contributed by atoms with Crippen molar-refractivity contribution >= 4 is 12.1 Å². The van der Waals surface area contributed by atoms with Crippen LogP contribution in [0.2, 0.25) is 0 Å². The minimum atomic E-state index is 0.251. The lowest BCUT2D eigenvalue weighted by Crippen LogP contribution is -2.55. The van der Waals surface area contributed by atoms with Crippen LogP contribution in [0.15, 0.2) is 0 Å². The Morgan fingerprint density at radius 1 is 1.08 bits per heavy atom. The maximum atomic E-state index is 5.70. The molecular weight excluding hydrogens is 168 g/mol. The summed E-state index contributed by atoms with van der Waals surface area (Å²) in [5, 5.41) is 5.70. The fourth-order valence-electron chi connectivity index (χ4n) is 2.26. The molecule has 0 aromatic rings. The predicted molar refractivity (Wildman–Crippen MR) is 55.6 cm³/mol. The predicted octanol–water partition coefficient (Wildman–Crippen LogP) is 2.55. The molecular formula is C9H20N2S. The van der Waals surface area contributed by atoms with Crippen LogP contribution in [0.5, 0.6) is 0 Å². The van der Waals surface area contributed by atoms with E-state index in [0.717, 1.165) is 0 Å². The molecule has 0 bridgehead atoms. The SMILES string of the molecule is CC1(C)CCCC(C)(C)N1SN. The van der Waals surface area contributed by atoms with Gasteiger partial charge in [-0.25, -0.2) is 4.31 Å². The van der Waals surface area contributed by atoms with Gasteiger partial charge in [0.15, 0.2) is 0 Å². The fourth-order valence-corrected chi connectivity index (χ4v) is 3.01. The normalized spacial score (nSPS) is 28.8. The maximum Gasteiger partial charge on any atom is 0.0275 e. The Hall–Kier alpha value is 0.270. The molecule has 0 aromatic carbocycles. The monoisotopic (exact) mass is 188 g/mol. The van der Waals surface area contributed by atoms with Crippen LogP contribution in [0.1, 0.15) is 47.0 Å². The lowest BCUT2D eigenvalue weighted by atomic mass is 9.83. The van der Waals surface area contributed by atoms with Crippen molar-refractivity contribution in [3.63, 3.8) is 0 Å². The van der Waals surface area contributed by atoms with Gasteiger partial charge in [0.1, 0.15) is 0 Å². The number of piperidine rings is 1. The van der Waals surface area contributed by atoms with Gasteiger partial charge in [0, 0.05) is 23.2 Å². The second-order valence-electron chi connectivity index (χ2n) is 4.88. The van der Waals surface area contributed by atoms with Crippen molar-refractivity contribution in [3.8, 4) is 0 Å². The summed E-state index contributed by atoms with van der Waals surface area (Å²) in [4.78, 5) is 0. The van der Waals surface area contributed by atoms with Crippen LogP contribution in [0.4, 0.5) is 0 Å². The minimum Gasteiger partial charge on any atom is -0.264 e. The Morgan fingerprint density at radius 3 is 1.75 bits per heavy atom. The summed E-state index contributed by atoms with van der Waals surface area (Å²) < 4.78 is 2.34. The van der Waals surface area contributed by atoms with E-state index in [2.05, 4.69) is 32.0 Å². The van der Waals surface area contributed by atoms with E-state index >= 15 is 0 Å². The molecule has 0 saturated carbocycles. The van der Waals surface area contributed by atoms with Crippen molar-refractivity contribution in [2.75, 3.05) is 0 Å². The van der Waals surface area contributed by atoms with Crippen LogP contribution in [-0.4, -0.2) is 15.4 Å². The third-order valence-corrected chi connectivity index (χ3v) is 3.98. The van der Waals surface area contributed by atoms with Gasteiger partial charge in [-0.15, -0.1) is 0 Å². The summed E-state index contributed by atoms with van der Waals surface area (Å²) in [6, 6.07) is 0. The van der Waals surface area contributed by atoms with Crippen molar-refractivity contribution in [1.29, 1.82) is 0 Å². The van der Waals surface area contributed by atoms with E-state index in [-0.39, 0.29) is 11.1 Å². The molecule has 0 atom stereocenters. The lowest BCUT2D eigenvalue weighted by molar-refractivity contribution is 0.0677. The highest BCUT2D eigenvalue weighted by molar-refractivity contribution is 7.94. The molecule has 2 N–H and O–H groups in total. The number of nitrogens with zero attached hydrogens (tertiary/aromatic N) is 1. The van der Waals surface area contributed by atoms with Crippen molar-refractivity contribution in [1.82, 2.24) is 4.31 Å². The number of nitrogens with two attached hydrogens (primary N) is 1. The molecule has 1 heterocycles. The van der Waals surface area contributed by atoms with E-state index < -0.39 is 0 Å². The topological polar surface area (TPSA) is 29.3 Å². The standard InChI is InChI=1S/C9H20N2S/c1-8(2)6-5-7-9(3,4)11(8)12-10/h5-7,10H2,1-4H3. The van der Waals surface area contributed by atoms with Crippen LogP contribution in [0.3, 0.4) is 0 Å². The third kappa shape index (κ3) is 1.78. The van der Waals surface area contributed by atoms with Crippen molar-refractivity contribution in [2.45, 2.75) is 58.0 Å². The zero-order valence-corrected chi connectivity index (χ0v) is 9.37. The van der Waals surface area contributed by atoms with Crippen LogP contribution in [-0.2, 0) is 0 Å². The zero-order chi connectivity index (χ0) is 9.41. The van der Waals surface area contributed by atoms with Gasteiger partial charge >= 0.3 is 0 Å². The fraction of sp³-hybridized carbons (Fsp3) is 1.00. The Labute approximate surface area is 80.1 Å². The van der Waals surface area contributed by atoms with Crippen molar-refractivity contribution < 1.29 is 0 Å². The molecule has 3 heteroatoms. The van der Waals surface area contributed by atoms with E-state index in [9.17, 15) is 0 Å². The second-order valence-corrected chi connectivity index (χ2v) is 5.45. The van der Waals surface area contributed by atoms with Gasteiger partial charge in [0.25, 0.3) is 0 Å². The summed E-state index contributed by atoms with van der Waals surface area (Å²) in [5.74, 6) is 0. The molecule has 72 valence electrons. The van der Waals surface area contributed by atoms with Crippen LogP contribution in [0.25, 0.3) is 0 Å².